The smallest absolute Gasteiger partial charge is 0.444 e. The standard InChI is InChI=1S/C35H48BN5O7/c1-33(2,3)46-32(45)38-20-22-8-12-23(13-9-22)30(43)41(25-16-17-26-27(19-25)40-31(44)39-26)28(29(37)42)18-21-10-14-24(15-11-21)36-47-34(4,5)35(6,7)48-36/h10-11,14-17,19,22-23,28H,8-9,12-13,18,20H2,1-7H3,(H2,37,42)(H,38,45)(H2,39,40,44)/t22-,23-,28-/m0/s1. The molecular weight excluding hydrogens is 613 g/mol. The molecule has 1 aliphatic heterocycles. The van der Waals surface area contributed by atoms with E-state index in [0.717, 1.165) is 23.9 Å². The molecule has 1 atom stereocenters. The Morgan fingerprint density at radius 2 is 1.58 bits per heavy atom. The third-order valence-electron chi connectivity index (χ3n) is 9.72. The van der Waals surface area contributed by atoms with Gasteiger partial charge in [0.2, 0.25) is 11.8 Å². The van der Waals surface area contributed by atoms with Crippen molar-refractivity contribution in [2.24, 2.45) is 17.6 Å². The summed E-state index contributed by atoms with van der Waals surface area (Å²) in [6.07, 6.45) is 2.36. The van der Waals surface area contributed by atoms with E-state index < -0.39 is 42.0 Å². The average Bonchev–Trinajstić information content (AvgIpc) is 3.48. The van der Waals surface area contributed by atoms with Gasteiger partial charge in [-0.05, 0) is 109 Å². The molecule has 258 valence electrons. The zero-order valence-corrected chi connectivity index (χ0v) is 29.0. The first-order valence-electron chi connectivity index (χ1n) is 16.7. The summed E-state index contributed by atoms with van der Waals surface area (Å²) < 4.78 is 17.7. The van der Waals surface area contributed by atoms with E-state index in [1.165, 1.54) is 4.90 Å². The number of alkyl carbamates (subject to hydrolysis) is 1. The Morgan fingerprint density at radius 1 is 0.979 bits per heavy atom. The first-order chi connectivity index (χ1) is 22.4. The van der Waals surface area contributed by atoms with E-state index in [0.29, 0.717) is 36.1 Å². The molecule has 2 aromatic carbocycles. The Hall–Kier alpha value is -4.10. The Kier molecular flexibility index (Phi) is 9.85. The van der Waals surface area contributed by atoms with Crippen LogP contribution >= 0.6 is 0 Å². The number of ether oxygens (including phenoxy) is 1. The summed E-state index contributed by atoms with van der Waals surface area (Å²) in [5.41, 5.74) is 7.36. The molecule has 1 aliphatic carbocycles. The van der Waals surface area contributed by atoms with Crippen molar-refractivity contribution in [3.63, 3.8) is 0 Å². The first kappa shape index (κ1) is 35.2. The van der Waals surface area contributed by atoms with Crippen LogP contribution in [0.25, 0.3) is 11.0 Å². The number of rotatable bonds is 9. The van der Waals surface area contributed by atoms with Gasteiger partial charge in [0, 0.05) is 24.6 Å². The highest BCUT2D eigenvalue weighted by Gasteiger charge is 2.51. The number of primary amides is 1. The van der Waals surface area contributed by atoms with Crippen LogP contribution in [-0.4, -0.2) is 64.4 Å². The lowest BCUT2D eigenvalue weighted by molar-refractivity contribution is -0.127. The predicted octanol–water partition coefficient (Wildman–Crippen LogP) is 3.92. The third-order valence-corrected chi connectivity index (χ3v) is 9.72. The molecule has 0 spiro atoms. The number of hydrogen-bond acceptors (Lipinski definition) is 7. The maximum Gasteiger partial charge on any atom is 0.494 e. The molecule has 13 heteroatoms. The molecule has 2 heterocycles. The van der Waals surface area contributed by atoms with Gasteiger partial charge in [0.15, 0.2) is 0 Å². The quantitative estimate of drug-likeness (QED) is 0.252. The summed E-state index contributed by atoms with van der Waals surface area (Å²) in [5, 5.41) is 2.85. The van der Waals surface area contributed by atoms with E-state index in [2.05, 4.69) is 15.3 Å². The molecule has 2 fully saturated rings. The molecule has 3 amide bonds. The fraction of sp³-hybridized carbons (Fsp3) is 0.543. The van der Waals surface area contributed by atoms with Crippen molar-refractivity contribution < 1.29 is 28.4 Å². The van der Waals surface area contributed by atoms with Crippen molar-refractivity contribution in [3.8, 4) is 0 Å². The second-order valence-corrected chi connectivity index (χ2v) is 15.1. The fourth-order valence-corrected chi connectivity index (χ4v) is 6.32. The van der Waals surface area contributed by atoms with Crippen LogP contribution < -0.4 is 27.1 Å². The molecule has 0 radical (unpaired) electrons. The lowest BCUT2D eigenvalue weighted by atomic mass is 9.78. The van der Waals surface area contributed by atoms with E-state index in [4.69, 9.17) is 19.8 Å². The molecular formula is C35H48BN5O7. The summed E-state index contributed by atoms with van der Waals surface area (Å²) in [7, 11) is -0.529. The lowest BCUT2D eigenvalue weighted by Gasteiger charge is -2.36. The summed E-state index contributed by atoms with van der Waals surface area (Å²) >= 11 is 0. The third kappa shape index (κ3) is 7.95. The van der Waals surface area contributed by atoms with Crippen LogP contribution in [0, 0.1) is 11.8 Å². The molecule has 3 aromatic rings. The second kappa shape index (κ2) is 13.4. The summed E-state index contributed by atoms with van der Waals surface area (Å²) in [6.45, 7) is 13.9. The highest BCUT2D eigenvalue weighted by molar-refractivity contribution is 6.62. The van der Waals surface area contributed by atoms with Crippen LogP contribution in [0.1, 0.15) is 79.7 Å². The van der Waals surface area contributed by atoms with Crippen molar-refractivity contribution in [2.45, 2.75) is 103 Å². The summed E-state index contributed by atoms with van der Waals surface area (Å²) in [5.74, 6) is -0.998. The second-order valence-electron chi connectivity index (χ2n) is 15.1. The van der Waals surface area contributed by atoms with Crippen LogP contribution in [0.5, 0.6) is 0 Å². The number of carbonyl (C=O) groups is 3. The van der Waals surface area contributed by atoms with Crippen LogP contribution in [0.15, 0.2) is 47.3 Å². The molecule has 1 aromatic heterocycles. The number of hydrogen-bond donors (Lipinski definition) is 4. The van der Waals surface area contributed by atoms with Crippen LogP contribution in [0.2, 0.25) is 0 Å². The first-order valence-corrected chi connectivity index (χ1v) is 16.7. The number of fused-ring (bicyclic) bond motifs is 1. The fourth-order valence-electron chi connectivity index (χ4n) is 6.32. The van der Waals surface area contributed by atoms with Gasteiger partial charge >= 0.3 is 18.9 Å². The number of nitrogens with two attached hydrogens (primary N) is 1. The topological polar surface area (TPSA) is 169 Å². The van der Waals surface area contributed by atoms with Crippen molar-refractivity contribution in [1.82, 2.24) is 15.3 Å². The maximum absolute atomic E-state index is 14.4. The highest BCUT2D eigenvalue weighted by Crippen LogP contribution is 2.37. The minimum absolute atomic E-state index is 0.182. The molecule has 1 saturated carbocycles. The lowest BCUT2D eigenvalue weighted by Crippen LogP contribution is -2.52. The van der Waals surface area contributed by atoms with Crippen LogP contribution in [0.3, 0.4) is 0 Å². The number of nitrogens with zero attached hydrogens (tertiary/aromatic N) is 1. The average molecular weight is 662 g/mol. The minimum Gasteiger partial charge on any atom is -0.444 e. The van der Waals surface area contributed by atoms with Gasteiger partial charge in [-0.15, -0.1) is 0 Å². The van der Waals surface area contributed by atoms with Crippen LogP contribution in [-0.2, 0) is 30.1 Å². The predicted molar refractivity (Wildman–Crippen MR) is 185 cm³/mol. The number of aromatic amines is 2. The SMILES string of the molecule is CC(C)(C)OC(=O)NC[C@H]1CC[C@H](C(=O)N(c2ccc3[nH]c(=O)[nH]c3c2)[C@@H](Cc2ccc(B3OC(C)(C)C(C)(C)O3)cc2)C(N)=O)CC1. The van der Waals surface area contributed by atoms with Gasteiger partial charge in [0.25, 0.3) is 0 Å². The zero-order valence-electron chi connectivity index (χ0n) is 29.0. The molecule has 5 rings (SSSR count). The van der Waals surface area contributed by atoms with E-state index in [-0.39, 0.29) is 29.9 Å². The minimum atomic E-state index is -0.991. The van der Waals surface area contributed by atoms with E-state index >= 15 is 0 Å². The Morgan fingerprint density at radius 3 is 2.17 bits per heavy atom. The number of anilines is 1. The van der Waals surface area contributed by atoms with Gasteiger partial charge < -0.3 is 35.1 Å². The molecule has 0 bridgehead atoms. The van der Waals surface area contributed by atoms with Crippen molar-refractivity contribution >= 4 is 47.2 Å². The molecule has 2 aliphatic rings. The Balaban J connectivity index is 1.35. The Labute approximate surface area is 281 Å². The zero-order chi connectivity index (χ0) is 35.0. The normalized spacial score (nSPS) is 21.1. The van der Waals surface area contributed by atoms with Gasteiger partial charge in [-0.2, -0.15) is 0 Å². The van der Waals surface area contributed by atoms with Gasteiger partial charge in [-0.25, -0.2) is 9.59 Å². The van der Waals surface area contributed by atoms with E-state index in [9.17, 15) is 19.2 Å². The number of amides is 3. The number of benzene rings is 2. The Bertz CT molecular complexity index is 1680. The van der Waals surface area contributed by atoms with Crippen molar-refractivity contribution in [1.29, 1.82) is 0 Å². The molecule has 5 N–H and O–H groups in total. The van der Waals surface area contributed by atoms with Gasteiger partial charge in [-0.1, -0.05) is 24.3 Å². The summed E-state index contributed by atoms with van der Waals surface area (Å²) in [4.78, 5) is 58.7. The van der Waals surface area contributed by atoms with Crippen molar-refractivity contribution in [3.05, 3.63) is 58.5 Å². The number of imidazole rings is 1. The number of carbonyl (C=O) groups excluding carboxylic acids is 3. The van der Waals surface area contributed by atoms with Gasteiger partial charge in [0.1, 0.15) is 11.6 Å². The maximum atomic E-state index is 14.4. The number of nitrogens with one attached hydrogen (secondary N) is 3. The molecule has 1 saturated heterocycles. The highest BCUT2D eigenvalue weighted by atomic mass is 16.7. The van der Waals surface area contributed by atoms with E-state index in [1.54, 1.807) is 18.2 Å². The van der Waals surface area contributed by atoms with Gasteiger partial charge in [-0.3, -0.25) is 14.5 Å². The number of aromatic nitrogens is 2. The monoisotopic (exact) mass is 661 g/mol. The van der Waals surface area contributed by atoms with Gasteiger partial charge in [0.05, 0.1) is 22.2 Å². The van der Waals surface area contributed by atoms with E-state index in [1.807, 2.05) is 72.7 Å². The molecule has 48 heavy (non-hydrogen) atoms. The number of H-pyrrole nitrogens is 2. The molecule has 12 nitrogen and oxygen atoms in total. The largest absolute Gasteiger partial charge is 0.494 e. The molecule has 0 unspecified atom stereocenters. The summed E-state index contributed by atoms with van der Waals surface area (Å²) in [6, 6.07) is 11.7. The van der Waals surface area contributed by atoms with Crippen LogP contribution in [0.4, 0.5) is 10.5 Å². The van der Waals surface area contributed by atoms with Crippen molar-refractivity contribution in [2.75, 3.05) is 11.4 Å².